The van der Waals surface area contributed by atoms with Crippen molar-refractivity contribution < 1.29 is 23.9 Å². The second-order valence-electron chi connectivity index (χ2n) is 8.12. The van der Waals surface area contributed by atoms with Gasteiger partial charge in [0.15, 0.2) is 11.5 Å². The third-order valence-corrected chi connectivity index (χ3v) is 5.59. The molecule has 0 radical (unpaired) electrons. The molecule has 0 spiro atoms. The van der Waals surface area contributed by atoms with Crippen molar-refractivity contribution in [3.05, 3.63) is 23.8 Å². The molecule has 0 aromatic heterocycles. The van der Waals surface area contributed by atoms with Crippen LogP contribution in [0.3, 0.4) is 0 Å². The summed E-state index contributed by atoms with van der Waals surface area (Å²) in [6.45, 7) is 6.32. The van der Waals surface area contributed by atoms with Crippen LogP contribution in [0, 0.1) is 0 Å². The van der Waals surface area contributed by atoms with Gasteiger partial charge < -0.3 is 20.1 Å². The maximum absolute atomic E-state index is 13.1. The van der Waals surface area contributed by atoms with Crippen molar-refractivity contribution in [2.75, 3.05) is 19.8 Å². The third-order valence-electron chi connectivity index (χ3n) is 5.59. The van der Waals surface area contributed by atoms with Crippen LogP contribution >= 0.6 is 0 Å². The van der Waals surface area contributed by atoms with Crippen LogP contribution in [0.25, 0.3) is 0 Å². The summed E-state index contributed by atoms with van der Waals surface area (Å²) in [4.78, 5) is 38.9. The van der Waals surface area contributed by atoms with Crippen molar-refractivity contribution in [2.24, 2.45) is 0 Å². The molecular formula is C22H31N3O5. The van der Waals surface area contributed by atoms with Gasteiger partial charge >= 0.3 is 6.03 Å². The Hall–Kier alpha value is -2.77. The van der Waals surface area contributed by atoms with E-state index in [0.29, 0.717) is 30.3 Å². The first-order chi connectivity index (χ1) is 14.3. The second kappa shape index (κ2) is 9.36. The van der Waals surface area contributed by atoms with E-state index in [0.717, 1.165) is 30.6 Å². The number of hydrogen-bond donors (Lipinski definition) is 2. The number of fused-ring (bicyclic) bond motifs is 1. The SMILES string of the molecule is CCCCCC[C@H](C)NC(=O)CN1C(=O)N[C@@](C)(c2ccc3c(c2)OCCO3)C1=O. The monoisotopic (exact) mass is 417 g/mol. The average Bonchev–Trinajstić information content (AvgIpc) is 2.94. The molecule has 1 aromatic rings. The topological polar surface area (TPSA) is 97.0 Å². The summed E-state index contributed by atoms with van der Waals surface area (Å²) in [5, 5.41) is 5.60. The van der Waals surface area contributed by atoms with Crippen LogP contribution in [-0.4, -0.2) is 48.5 Å². The number of imide groups is 1. The van der Waals surface area contributed by atoms with Crippen LogP contribution in [0.4, 0.5) is 4.79 Å². The molecule has 30 heavy (non-hydrogen) atoms. The normalized spacial score (nSPS) is 21.4. The summed E-state index contributed by atoms with van der Waals surface area (Å²) in [7, 11) is 0. The molecule has 4 amide bonds. The molecule has 0 aliphatic carbocycles. The van der Waals surface area contributed by atoms with Gasteiger partial charge in [0.05, 0.1) is 0 Å². The number of ether oxygens (including phenoxy) is 2. The van der Waals surface area contributed by atoms with Crippen molar-refractivity contribution in [1.82, 2.24) is 15.5 Å². The van der Waals surface area contributed by atoms with Gasteiger partial charge in [-0.15, -0.1) is 0 Å². The molecule has 1 fully saturated rings. The molecule has 164 valence electrons. The van der Waals surface area contributed by atoms with Crippen LogP contribution in [-0.2, 0) is 15.1 Å². The maximum atomic E-state index is 13.1. The van der Waals surface area contributed by atoms with Crippen molar-refractivity contribution in [3.8, 4) is 11.5 Å². The van der Waals surface area contributed by atoms with E-state index in [4.69, 9.17) is 9.47 Å². The first-order valence-electron chi connectivity index (χ1n) is 10.7. The lowest BCUT2D eigenvalue weighted by Gasteiger charge is -2.25. The zero-order valence-electron chi connectivity index (χ0n) is 18.0. The summed E-state index contributed by atoms with van der Waals surface area (Å²) in [5.74, 6) is 0.340. The minimum atomic E-state index is -1.26. The van der Waals surface area contributed by atoms with E-state index in [9.17, 15) is 14.4 Å². The predicted molar refractivity (Wildman–Crippen MR) is 111 cm³/mol. The summed E-state index contributed by atoms with van der Waals surface area (Å²) in [6.07, 6.45) is 5.40. The molecule has 1 saturated heterocycles. The van der Waals surface area contributed by atoms with Crippen molar-refractivity contribution in [1.29, 1.82) is 0 Å². The summed E-state index contributed by atoms with van der Waals surface area (Å²) >= 11 is 0. The zero-order valence-corrected chi connectivity index (χ0v) is 18.0. The third kappa shape index (κ3) is 4.68. The van der Waals surface area contributed by atoms with Gasteiger partial charge in [-0.05, 0) is 38.0 Å². The number of nitrogens with one attached hydrogen (secondary N) is 2. The number of unbranched alkanes of at least 4 members (excludes halogenated alkanes) is 3. The Balaban J connectivity index is 1.62. The van der Waals surface area contributed by atoms with Crippen LogP contribution in [0.5, 0.6) is 11.5 Å². The fourth-order valence-electron chi connectivity index (χ4n) is 3.80. The molecular weight excluding hydrogens is 386 g/mol. The summed E-state index contributed by atoms with van der Waals surface area (Å²) in [6, 6.07) is 4.58. The van der Waals surface area contributed by atoms with E-state index >= 15 is 0 Å². The Morgan fingerprint density at radius 2 is 1.93 bits per heavy atom. The number of hydrogen-bond acceptors (Lipinski definition) is 5. The Morgan fingerprint density at radius 1 is 1.20 bits per heavy atom. The highest BCUT2D eigenvalue weighted by atomic mass is 16.6. The zero-order chi connectivity index (χ0) is 21.7. The maximum Gasteiger partial charge on any atom is 0.325 e. The van der Waals surface area contributed by atoms with Crippen molar-refractivity contribution in [3.63, 3.8) is 0 Å². The van der Waals surface area contributed by atoms with Crippen molar-refractivity contribution in [2.45, 2.75) is 64.5 Å². The highest BCUT2D eigenvalue weighted by Gasteiger charge is 2.49. The first-order valence-corrected chi connectivity index (χ1v) is 10.7. The molecule has 0 saturated carbocycles. The predicted octanol–water partition coefficient (Wildman–Crippen LogP) is 2.70. The fraction of sp³-hybridized carbons (Fsp3) is 0.591. The van der Waals surface area contributed by atoms with E-state index < -0.39 is 17.5 Å². The number of carbonyl (C=O) groups is 3. The molecule has 3 rings (SSSR count). The number of carbonyl (C=O) groups excluding carboxylic acids is 3. The molecule has 2 aliphatic rings. The quantitative estimate of drug-likeness (QED) is 0.476. The van der Waals surface area contributed by atoms with Crippen LogP contribution in [0.15, 0.2) is 18.2 Å². The minimum absolute atomic E-state index is 0.000647. The molecule has 2 aliphatic heterocycles. The van der Waals surface area contributed by atoms with Crippen LogP contribution in [0.1, 0.15) is 58.4 Å². The minimum Gasteiger partial charge on any atom is -0.486 e. The number of nitrogens with zero attached hydrogens (tertiary/aromatic N) is 1. The lowest BCUT2D eigenvalue weighted by atomic mass is 9.91. The molecule has 0 unspecified atom stereocenters. The van der Waals surface area contributed by atoms with Crippen LogP contribution in [0.2, 0.25) is 0 Å². The first kappa shape index (κ1) is 21.9. The van der Waals surface area contributed by atoms with Gasteiger partial charge in [-0.3, -0.25) is 14.5 Å². The Labute approximate surface area is 177 Å². The van der Waals surface area contributed by atoms with E-state index in [2.05, 4.69) is 17.6 Å². The molecule has 2 heterocycles. The van der Waals surface area contributed by atoms with Gasteiger partial charge in [0.25, 0.3) is 5.91 Å². The summed E-state index contributed by atoms with van der Waals surface area (Å²) < 4.78 is 11.1. The molecule has 8 heteroatoms. The van der Waals surface area contributed by atoms with Gasteiger partial charge in [0.2, 0.25) is 5.91 Å². The van der Waals surface area contributed by atoms with E-state index in [1.165, 1.54) is 6.42 Å². The number of rotatable bonds is 9. The molecule has 2 atom stereocenters. The van der Waals surface area contributed by atoms with E-state index in [1.807, 2.05) is 6.92 Å². The Kier molecular flexibility index (Phi) is 6.84. The van der Waals surface area contributed by atoms with Gasteiger partial charge in [0, 0.05) is 6.04 Å². The molecule has 1 aromatic carbocycles. The van der Waals surface area contributed by atoms with Crippen LogP contribution < -0.4 is 20.1 Å². The Morgan fingerprint density at radius 3 is 2.67 bits per heavy atom. The summed E-state index contributed by atoms with van der Waals surface area (Å²) in [5.41, 5.74) is -0.684. The number of benzene rings is 1. The standard InChI is InChI=1S/C22H31N3O5/c1-4-5-6-7-8-15(2)23-19(26)14-25-20(27)22(3,24-21(25)28)16-9-10-17-18(13-16)30-12-11-29-17/h9-10,13,15H,4-8,11-12,14H2,1-3H3,(H,23,26)(H,24,28)/t15-,22-/m0/s1. The average molecular weight is 418 g/mol. The van der Waals surface area contributed by atoms with Gasteiger partial charge in [-0.25, -0.2) is 4.79 Å². The van der Waals surface area contributed by atoms with Crippen molar-refractivity contribution >= 4 is 17.8 Å². The van der Waals surface area contributed by atoms with E-state index in [1.54, 1.807) is 25.1 Å². The number of urea groups is 1. The van der Waals surface area contributed by atoms with E-state index in [-0.39, 0.29) is 18.5 Å². The Bertz CT molecular complexity index is 812. The lowest BCUT2D eigenvalue weighted by molar-refractivity contribution is -0.135. The fourth-order valence-corrected chi connectivity index (χ4v) is 3.80. The highest BCUT2D eigenvalue weighted by Crippen LogP contribution is 2.36. The highest BCUT2D eigenvalue weighted by molar-refractivity contribution is 6.09. The second-order valence-corrected chi connectivity index (χ2v) is 8.12. The smallest absolute Gasteiger partial charge is 0.325 e. The largest absolute Gasteiger partial charge is 0.486 e. The van der Waals surface area contributed by atoms with Gasteiger partial charge in [-0.2, -0.15) is 0 Å². The molecule has 2 N–H and O–H groups in total. The lowest BCUT2D eigenvalue weighted by Crippen LogP contribution is -2.45. The molecule has 0 bridgehead atoms. The van der Waals surface area contributed by atoms with Gasteiger partial charge in [0.1, 0.15) is 25.3 Å². The van der Waals surface area contributed by atoms with Gasteiger partial charge in [-0.1, -0.05) is 38.7 Å². The molecule has 8 nitrogen and oxygen atoms in total. The number of amides is 4.